The van der Waals surface area contributed by atoms with Crippen molar-refractivity contribution in [3.8, 4) is 0 Å². The third-order valence-corrected chi connectivity index (χ3v) is 5.08. The first-order valence-electron chi connectivity index (χ1n) is 6.71. The van der Waals surface area contributed by atoms with Gasteiger partial charge in [0, 0.05) is 29.7 Å². The van der Waals surface area contributed by atoms with Gasteiger partial charge in [-0.2, -0.15) is 0 Å². The number of carbonyl (C=O) groups excluding carboxylic acids is 2. The van der Waals surface area contributed by atoms with Crippen molar-refractivity contribution < 1.29 is 19.4 Å². The number of hydrogen-bond donors (Lipinski definition) is 1. The van der Waals surface area contributed by atoms with E-state index in [9.17, 15) is 14.7 Å². The van der Waals surface area contributed by atoms with Gasteiger partial charge >= 0.3 is 5.97 Å². The molecule has 4 heteroatoms. The molecule has 0 aromatic heterocycles. The SMILES string of the molecule is C=C1C(=O)OC2C1CC(O)C(=C)C1CC(=O)C(C)C12. The highest BCUT2D eigenvalue weighted by Crippen LogP contribution is 2.51. The molecule has 2 saturated carbocycles. The summed E-state index contributed by atoms with van der Waals surface area (Å²) in [5, 5.41) is 10.2. The lowest BCUT2D eigenvalue weighted by molar-refractivity contribution is -0.143. The van der Waals surface area contributed by atoms with Gasteiger partial charge in [-0.15, -0.1) is 0 Å². The lowest BCUT2D eigenvalue weighted by Gasteiger charge is -2.27. The van der Waals surface area contributed by atoms with Gasteiger partial charge in [-0.05, 0) is 17.9 Å². The summed E-state index contributed by atoms with van der Waals surface area (Å²) < 4.78 is 5.44. The Kier molecular flexibility index (Phi) is 2.68. The van der Waals surface area contributed by atoms with Crippen LogP contribution in [0.15, 0.2) is 24.3 Å². The first-order valence-corrected chi connectivity index (χ1v) is 6.71. The zero-order valence-electron chi connectivity index (χ0n) is 11.0. The number of aliphatic hydroxyl groups excluding tert-OH is 1. The van der Waals surface area contributed by atoms with E-state index in [2.05, 4.69) is 13.2 Å². The Bertz CT molecular complexity index is 492. The van der Waals surface area contributed by atoms with E-state index in [1.807, 2.05) is 6.92 Å². The molecule has 1 heterocycles. The number of Topliss-reactive ketones (excluding diaryl/α,β-unsaturated/α-hetero) is 1. The number of hydrogen-bond acceptors (Lipinski definition) is 4. The second-order valence-corrected chi connectivity index (χ2v) is 5.97. The van der Waals surface area contributed by atoms with Gasteiger partial charge in [-0.1, -0.05) is 20.1 Å². The van der Waals surface area contributed by atoms with Gasteiger partial charge in [0.25, 0.3) is 0 Å². The highest BCUT2D eigenvalue weighted by molar-refractivity contribution is 5.91. The van der Waals surface area contributed by atoms with Crippen molar-refractivity contribution in [1.29, 1.82) is 0 Å². The molecule has 0 aromatic rings. The molecule has 6 unspecified atom stereocenters. The zero-order valence-corrected chi connectivity index (χ0v) is 11.0. The maximum Gasteiger partial charge on any atom is 0.334 e. The van der Waals surface area contributed by atoms with Crippen molar-refractivity contribution in [2.75, 3.05) is 0 Å². The minimum atomic E-state index is -0.688. The van der Waals surface area contributed by atoms with Gasteiger partial charge in [-0.3, -0.25) is 4.79 Å². The molecule has 0 radical (unpaired) electrons. The molecule has 3 fully saturated rings. The van der Waals surface area contributed by atoms with E-state index in [-0.39, 0.29) is 41.5 Å². The van der Waals surface area contributed by atoms with Gasteiger partial charge < -0.3 is 9.84 Å². The van der Waals surface area contributed by atoms with E-state index >= 15 is 0 Å². The summed E-state index contributed by atoms with van der Waals surface area (Å²) in [6.07, 6.45) is -0.205. The molecule has 0 spiro atoms. The Morgan fingerprint density at radius 2 is 1.95 bits per heavy atom. The molecule has 0 bridgehead atoms. The molecular weight excluding hydrogens is 244 g/mol. The Labute approximate surface area is 112 Å². The van der Waals surface area contributed by atoms with Gasteiger partial charge in [0.15, 0.2) is 0 Å². The van der Waals surface area contributed by atoms with Crippen molar-refractivity contribution in [3.63, 3.8) is 0 Å². The lowest BCUT2D eigenvalue weighted by atomic mass is 9.79. The fraction of sp³-hybridized carbons (Fsp3) is 0.600. The highest BCUT2D eigenvalue weighted by atomic mass is 16.6. The van der Waals surface area contributed by atoms with Crippen LogP contribution in [0.1, 0.15) is 19.8 Å². The van der Waals surface area contributed by atoms with Crippen molar-refractivity contribution in [1.82, 2.24) is 0 Å². The maximum absolute atomic E-state index is 12.0. The predicted octanol–water partition coefficient (Wildman–Crippen LogP) is 1.25. The minimum absolute atomic E-state index is 0.0645. The fourth-order valence-corrected chi connectivity index (χ4v) is 3.89. The smallest absolute Gasteiger partial charge is 0.334 e. The molecular formula is C15H18O4. The van der Waals surface area contributed by atoms with Gasteiger partial charge in [0.1, 0.15) is 11.9 Å². The lowest BCUT2D eigenvalue weighted by Crippen LogP contribution is -2.32. The number of fused-ring (bicyclic) bond motifs is 3. The second-order valence-electron chi connectivity index (χ2n) is 5.97. The molecule has 0 amide bonds. The van der Waals surface area contributed by atoms with Crippen LogP contribution in [0.4, 0.5) is 0 Å². The van der Waals surface area contributed by atoms with E-state index < -0.39 is 6.10 Å². The van der Waals surface area contributed by atoms with Crippen LogP contribution in [0.5, 0.6) is 0 Å². The number of esters is 1. The summed E-state index contributed by atoms with van der Waals surface area (Å²) >= 11 is 0. The monoisotopic (exact) mass is 262 g/mol. The summed E-state index contributed by atoms with van der Waals surface area (Å²) in [6, 6.07) is 0. The Morgan fingerprint density at radius 1 is 1.26 bits per heavy atom. The quantitative estimate of drug-likeness (QED) is 0.405. The van der Waals surface area contributed by atoms with Crippen molar-refractivity contribution in [3.05, 3.63) is 24.3 Å². The van der Waals surface area contributed by atoms with Gasteiger partial charge in [0.2, 0.25) is 0 Å². The minimum Gasteiger partial charge on any atom is -0.458 e. The van der Waals surface area contributed by atoms with Crippen LogP contribution in [0.2, 0.25) is 0 Å². The van der Waals surface area contributed by atoms with Crippen molar-refractivity contribution >= 4 is 11.8 Å². The van der Waals surface area contributed by atoms with Crippen LogP contribution in [-0.2, 0) is 14.3 Å². The van der Waals surface area contributed by atoms with Crippen LogP contribution < -0.4 is 0 Å². The highest BCUT2D eigenvalue weighted by Gasteiger charge is 2.55. The molecule has 1 N–H and O–H groups in total. The number of carbonyl (C=O) groups is 2. The van der Waals surface area contributed by atoms with E-state index in [0.29, 0.717) is 24.0 Å². The van der Waals surface area contributed by atoms with Crippen molar-refractivity contribution in [2.45, 2.75) is 32.0 Å². The summed E-state index contributed by atoms with van der Waals surface area (Å²) in [5.74, 6) is -0.713. The van der Waals surface area contributed by atoms with Crippen LogP contribution in [0.25, 0.3) is 0 Å². The number of ether oxygens (including phenoxy) is 1. The summed E-state index contributed by atoms with van der Waals surface area (Å²) in [4.78, 5) is 23.7. The summed E-state index contributed by atoms with van der Waals surface area (Å²) in [6.45, 7) is 9.62. The largest absolute Gasteiger partial charge is 0.458 e. The number of aliphatic hydroxyl groups is 1. The van der Waals surface area contributed by atoms with Gasteiger partial charge in [0.05, 0.1) is 6.10 Å². The van der Waals surface area contributed by atoms with E-state index in [1.165, 1.54) is 0 Å². The predicted molar refractivity (Wildman–Crippen MR) is 68.0 cm³/mol. The topological polar surface area (TPSA) is 63.6 Å². The van der Waals surface area contributed by atoms with E-state index in [4.69, 9.17) is 4.74 Å². The zero-order chi connectivity index (χ0) is 13.9. The molecule has 19 heavy (non-hydrogen) atoms. The summed E-state index contributed by atoms with van der Waals surface area (Å²) in [5.41, 5.74) is 1.13. The number of ketones is 1. The number of rotatable bonds is 0. The summed E-state index contributed by atoms with van der Waals surface area (Å²) in [7, 11) is 0. The molecule has 1 aliphatic heterocycles. The molecule has 6 atom stereocenters. The van der Waals surface area contributed by atoms with E-state index in [1.54, 1.807) is 0 Å². The maximum atomic E-state index is 12.0. The Balaban J connectivity index is 2.04. The fourth-order valence-electron chi connectivity index (χ4n) is 3.89. The van der Waals surface area contributed by atoms with E-state index in [0.717, 1.165) is 0 Å². The second kappa shape index (κ2) is 4.04. The Morgan fingerprint density at radius 3 is 2.63 bits per heavy atom. The molecule has 2 aliphatic carbocycles. The first kappa shape index (κ1) is 12.6. The molecule has 0 aromatic carbocycles. The Hall–Kier alpha value is -1.42. The van der Waals surface area contributed by atoms with Gasteiger partial charge in [-0.25, -0.2) is 4.79 Å². The third kappa shape index (κ3) is 1.62. The van der Waals surface area contributed by atoms with Crippen LogP contribution >= 0.6 is 0 Å². The van der Waals surface area contributed by atoms with Crippen LogP contribution in [-0.4, -0.2) is 29.1 Å². The molecule has 102 valence electrons. The molecule has 3 aliphatic rings. The molecule has 4 nitrogen and oxygen atoms in total. The van der Waals surface area contributed by atoms with Crippen molar-refractivity contribution in [2.24, 2.45) is 23.7 Å². The van der Waals surface area contributed by atoms with Crippen LogP contribution in [0, 0.1) is 23.7 Å². The average molecular weight is 262 g/mol. The third-order valence-electron chi connectivity index (χ3n) is 5.08. The normalized spacial score (nSPS) is 45.8. The molecule has 3 rings (SSSR count). The van der Waals surface area contributed by atoms with Crippen LogP contribution in [0.3, 0.4) is 0 Å². The first-order chi connectivity index (χ1) is 8.91. The standard InChI is InChI=1S/C15H18O4/c1-6-9-4-12(17)8(3)13(9)14-10(5-11(6)16)7(2)15(18)19-14/h8-11,13-14,16H,1-2,4-5H2,3H3. The average Bonchev–Trinajstić information content (AvgIpc) is 2.77. The molecule has 1 saturated heterocycles.